The average Bonchev–Trinajstić information content (AvgIpc) is 3.17. The molecule has 3 aromatic rings. The van der Waals surface area contributed by atoms with Crippen molar-refractivity contribution in [3.05, 3.63) is 54.1 Å². The predicted molar refractivity (Wildman–Crippen MR) is 108 cm³/mol. The highest BCUT2D eigenvalue weighted by atomic mass is 32.2. The Morgan fingerprint density at radius 3 is 2.11 bits per heavy atom. The summed E-state index contributed by atoms with van der Waals surface area (Å²) in [6.07, 6.45) is 0. The number of benzene rings is 2. The van der Waals surface area contributed by atoms with Crippen LogP contribution in [0.2, 0.25) is 0 Å². The minimum absolute atomic E-state index is 0.00568. The minimum atomic E-state index is -0.355. The molecule has 1 aromatic heterocycles. The zero-order valence-electron chi connectivity index (χ0n) is 16.0. The minimum Gasteiger partial charge on any atom is -0.494 e. The standard InChI is InChI=1S/C21H22N2O4S/c1-4-25-17-10-6-15(7-11-17)19(24)14(3)28-21-23-22-20(27-21)16-8-12-18(13-9-16)26-5-2/h6-14H,4-5H2,1-3H3/t14-/m1/s1. The molecule has 0 bridgehead atoms. The summed E-state index contributed by atoms with van der Waals surface area (Å²) in [6.45, 7) is 6.88. The second-order valence-corrected chi connectivity index (χ2v) is 7.20. The highest BCUT2D eigenvalue weighted by Gasteiger charge is 2.20. The van der Waals surface area contributed by atoms with E-state index in [0.29, 0.717) is 29.9 Å². The molecule has 0 unspecified atom stereocenters. The van der Waals surface area contributed by atoms with E-state index in [1.165, 1.54) is 11.8 Å². The highest BCUT2D eigenvalue weighted by molar-refractivity contribution is 8.00. The third-order valence-corrected chi connectivity index (χ3v) is 4.85. The van der Waals surface area contributed by atoms with E-state index in [-0.39, 0.29) is 11.0 Å². The van der Waals surface area contributed by atoms with E-state index in [0.717, 1.165) is 17.1 Å². The summed E-state index contributed by atoms with van der Waals surface area (Å²) in [5, 5.41) is 8.12. The zero-order chi connectivity index (χ0) is 19.9. The van der Waals surface area contributed by atoms with Crippen LogP contribution in [0, 0.1) is 0 Å². The lowest BCUT2D eigenvalue weighted by molar-refractivity contribution is 0.0993. The van der Waals surface area contributed by atoms with Crippen molar-refractivity contribution in [2.75, 3.05) is 13.2 Å². The first kappa shape index (κ1) is 19.9. The molecule has 0 amide bonds. The van der Waals surface area contributed by atoms with Crippen molar-refractivity contribution in [2.24, 2.45) is 0 Å². The van der Waals surface area contributed by atoms with E-state index in [1.807, 2.05) is 45.0 Å². The van der Waals surface area contributed by atoms with Crippen LogP contribution >= 0.6 is 11.8 Å². The Morgan fingerprint density at radius 1 is 0.964 bits per heavy atom. The Morgan fingerprint density at radius 2 is 1.54 bits per heavy atom. The van der Waals surface area contributed by atoms with Gasteiger partial charge in [0, 0.05) is 11.1 Å². The molecule has 0 fully saturated rings. The van der Waals surface area contributed by atoms with Crippen molar-refractivity contribution >= 4 is 17.5 Å². The summed E-state index contributed by atoms with van der Waals surface area (Å²) >= 11 is 1.24. The number of rotatable bonds is 9. The Hall–Kier alpha value is -2.80. The van der Waals surface area contributed by atoms with E-state index >= 15 is 0 Å². The second kappa shape index (κ2) is 9.41. The first-order chi connectivity index (χ1) is 13.6. The SMILES string of the molecule is CCOc1ccc(C(=O)[C@@H](C)Sc2nnc(-c3ccc(OCC)cc3)o2)cc1. The maximum absolute atomic E-state index is 12.6. The van der Waals surface area contributed by atoms with E-state index < -0.39 is 0 Å². The van der Waals surface area contributed by atoms with Gasteiger partial charge in [-0.25, -0.2) is 0 Å². The predicted octanol–water partition coefficient (Wildman–Crippen LogP) is 4.90. The zero-order valence-corrected chi connectivity index (χ0v) is 16.9. The van der Waals surface area contributed by atoms with Crippen LogP contribution in [0.3, 0.4) is 0 Å². The average molecular weight is 398 g/mol. The molecule has 0 radical (unpaired) electrons. The fraction of sp³-hybridized carbons (Fsp3) is 0.286. The molecular formula is C21H22N2O4S. The molecule has 1 atom stereocenters. The molecule has 1 heterocycles. The highest BCUT2D eigenvalue weighted by Crippen LogP contribution is 2.29. The third kappa shape index (κ3) is 4.92. The van der Waals surface area contributed by atoms with Crippen LogP contribution in [0.15, 0.2) is 58.2 Å². The molecule has 0 aliphatic carbocycles. The lowest BCUT2D eigenvalue weighted by Crippen LogP contribution is -2.13. The molecule has 0 aliphatic heterocycles. The number of nitrogens with zero attached hydrogens (tertiary/aromatic N) is 2. The van der Waals surface area contributed by atoms with Gasteiger partial charge in [-0.15, -0.1) is 10.2 Å². The largest absolute Gasteiger partial charge is 0.494 e. The Bertz CT molecular complexity index is 907. The van der Waals surface area contributed by atoms with Gasteiger partial charge in [-0.1, -0.05) is 11.8 Å². The molecule has 3 rings (SSSR count). The van der Waals surface area contributed by atoms with Gasteiger partial charge >= 0.3 is 0 Å². The molecule has 6 nitrogen and oxygen atoms in total. The van der Waals surface area contributed by atoms with Crippen molar-refractivity contribution in [2.45, 2.75) is 31.2 Å². The maximum Gasteiger partial charge on any atom is 0.277 e. The molecule has 0 N–H and O–H groups in total. The molecule has 146 valence electrons. The summed E-state index contributed by atoms with van der Waals surface area (Å²) in [6, 6.07) is 14.6. The lowest BCUT2D eigenvalue weighted by Gasteiger charge is -2.08. The van der Waals surface area contributed by atoms with Gasteiger partial charge in [-0.3, -0.25) is 4.79 Å². The van der Waals surface area contributed by atoms with Crippen LogP contribution in [0.1, 0.15) is 31.1 Å². The van der Waals surface area contributed by atoms with Gasteiger partial charge in [0.05, 0.1) is 18.5 Å². The Kier molecular flexibility index (Phi) is 6.71. The number of carbonyl (C=O) groups is 1. The molecule has 2 aromatic carbocycles. The number of carbonyl (C=O) groups excluding carboxylic acids is 1. The summed E-state index contributed by atoms with van der Waals surface area (Å²) in [4.78, 5) is 12.6. The number of hydrogen-bond donors (Lipinski definition) is 0. The van der Waals surface area contributed by atoms with E-state index in [1.54, 1.807) is 24.3 Å². The first-order valence-electron chi connectivity index (χ1n) is 9.11. The summed E-state index contributed by atoms with van der Waals surface area (Å²) < 4.78 is 16.5. The van der Waals surface area contributed by atoms with Crippen molar-refractivity contribution in [3.8, 4) is 23.0 Å². The number of thioether (sulfide) groups is 1. The fourth-order valence-corrected chi connectivity index (χ4v) is 3.32. The topological polar surface area (TPSA) is 74.5 Å². The molecule has 0 spiro atoms. The van der Waals surface area contributed by atoms with Crippen LogP contribution in [0.5, 0.6) is 11.5 Å². The van der Waals surface area contributed by atoms with Crippen molar-refractivity contribution in [3.63, 3.8) is 0 Å². The number of Topliss-reactive ketones (excluding diaryl/α,β-unsaturated/α-hetero) is 1. The Labute approximate surface area is 168 Å². The van der Waals surface area contributed by atoms with Crippen LogP contribution in [-0.4, -0.2) is 34.4 Å². The van der Waals surface area contributed by atoms with Crippen molar-refractivity contribution < 1.29 is 18.7 Å². The van der Waals surface area contributed by atoms with E-state index in [9.17, 15) is 4.79 Å². The summed E-state index contributed by atoms with van der Waals surface area (Å²) in [5.74, 6) is 1.94. The molecule has 0 saturated heterocycles. The number of hydrogen-bond acceptors (Lipinski definition) is 7. The van der Waals surface area contributed by atoms with Gasteiger partial charge in [0.25, 0.3) is 5.22 Å². The normalized spacial score (nSPS) is 11.8. The molecule has 0 aliphatic rings. The van der Waals surface area contributed by atoms with Gasteiger partial charge in [0.15, 0.2) is 5.78 Å². The number of ether oxygens (including phenoxy) is 2. The quantitative estimate of drug-likeness (QED) is 0.375. The lowest BCUT2D eigenvalue weighted by atomic mass is 10.1. The fourth-order valence-electron chi connectivity index (χ4n) is 2.56. The van der Waals surface area contributed by atoms with Crippen LogP contribution in [0.4, 0.5) is 0 Å². The first-order valence-corrected chi connectivity index (χ1v) is 9.99. The van der Waals surface area contributed by atoms with Crippen molar-refractivity contribution in [1.82, 2.24) is 10.2 Å². The van der Waals surface area contributed by atoms with Gasteiger partial charge in [-0.2, -0.15) is 0 Å². The molecule has 7 heteroatoms. The maximum atomic E-state index is 12.6. The molecular weight excluding hydrogens is 376 g/mol. The van der Waals surface area contributed by atoms with Crippen molar-refractivity contribution in [1.29, 1.82) is 0 Å². The van der Waals surface area contributed by atoms with E-state index in [4.69, 9.17) is 13.9 Å². The van der Waals surface area contributed by atoms with Gasteiger partial charge in [0.1, 0.15) is 11.5 Å². The van der Waals surface area contributed by atoms with Gasteiger partial charge in [-0.05, 0) is 69.3 Å². The summed E-state index contributed by atoms with van der Waals surface area (Å²) in [7, 11) is 0. The summed E-state index contributed by atoms with van der Waals surface area (Å²) in [5.41, 5.74) is 1.42. The molecule has 0 saturated carbocycles. The third-order valence-electron chi connectivity index (χ3n) is 3.92. The second-order valence-electron chi connectivity index (χ2n) is 5.91. The smallest absolute Gasteiger partial charge is 0.277 e. The van der Waals surface area contributed by atoms with Crippen LogP contribution in [-0.2, 0) is 0 Å². The van der Waals surface area contributed by atoms with Gasteiger partial charge < -0.3 is 13.9 Å². The van der Waals surface area contributed by atoms with Gasteiger partial charge in [0.2, 0.25) is 5.89 Å². The number of ketones is 1. The monoisotopic (exact) mass is 398 g/mol. The Balaban J connectivity index is 1.64. The molecule has 28 heavy (non-hydrogen) atoms. The number of aromatic nitrogens is 2. The van der Waals surface area contributed by atoms with Crippen LogP contribution < -0.4 is 9.47 Å². The van der Waals surface area contributed by atoms with Crippen LogP contribution in [0.25, 0.3) is 11.5 Å². The van der Waals surface area contributed by atoms with E-state index in [2.05, 4.69) is 10.2 Å².